The lowest BCUT2D eigenvalue weighted by molar-refractivity contribution is -0.138. The van der Waals surface area contributed by atoms with Gasteiger partial charge in [0, 0.05) is 36.8 Å². The third kappa shape index (κ3) is 5.09. The minimum atomic E-state index is -0.781. The van der Waals surface area contributed by atoms with Crippen molar-refractivity contribution in [1.29, 1.82) is 0 Å². The van der Waals surface area contributed by atoms with Gasteiger partial charge in [0.2, 0.25) is 11.8 Å². The monoisotopic (exact) mass is 631 g/mol. The van der Waals surface area contributed by atoms with Crippen LogP contribution in [0.4, 0.5) is 5.82 Å². The molecule has 0 bridgehead atoms. The number of hydrogen-bond donors (Lipinski definition) is 2. The second kappa shape index (κ2) is 10.7. The van der Waals surface area contributed by atoms with Gasteiger partial charge in [0.15, 0.2) is 11.6 Å². The van der Waals surface area contributed by atoms with Gasteiger partial charge in [0.1, 0.15) is 34.8 Å². The van der Waals surface area contributed by atoms with E-state index in [0.29, 0.717) is 39.6 Å². The number of carbonyl (C=O) groups is 3. The number of Topliss-reactive ketones (excluding diaryl/α,β-unsaturated/α-hetero) is 1. The van der Waals surface area contributed by atoms with E-state index in [0.717, 1.165) is 28.7 Å². The molecule has 1 unspecified atom stereocenters. The lowest BCUT2D eigenvalue weighted by atomic mass is 10.0. The molecule has 11 nitrogen and oxygen atoms in total. The summed E-state index contributed by atoms with van der Waals surface area (Å²) in [7, 11) is 0. The first kappa shape index (κ1) is 28.1. The summed E-state index contributed by atoms with van der Waals surface area (Å²) >= 11 is 3.35. The number of fused-ring (bicyclic) bond motifs is 2. The largest absolute Gasteiger partial charge is 0.385 e. The highest BCUT2D eigenvalue weighted by molar-refractivity contribution is 9.10. The predicted molar refractivity (Wildman–Crippen MR) is 159 cm³/mol. The van der Waals surface area contributed by atoms with E-state index in [1.807, 2.05) is 38.1 Å². The summed E-state index contributed by atoms with van der Waals surface area (Å²) in [5.41, 5.74) is 4.11. The van der Waals surface area contributed by atoms with E-state index in [4.69, 9.17) is 0 Å². The second-order valence-electron chi connectivity index (χ2n) is 11.2. The van der Waals surface area contributed by atoms with E-state index in [1.54, 1.807) is 28.9 Å². The number of aromatic nitrogens is 5. The van der Waals surface area contributed by atoms with Crippen LogP contribution in [0.5, 0.6) is 0 Å². The number of likely N-dealkylation sites (tertiary alicyclic amines) is 1. The number of ketones is 1. The SMILES string of the molecule is CC(=O)c1nn(CC(=O)N2C[C@H]3C[C@H]3[C@H]2C(=O)Nc2nc(Br)ccc2C)c2c(C)cc(-c3cnc(C(C)O)nc3)cc12. The average Bonchev–Trinajstić information content (AvgIpc) is 3.44. The molecule has 0 radical (unpaired) electrons. The van der Waals surface area contributed by atoms with Crippen molar-refractivity contribution in [1.82, 2.24) is 29.6 Å². The number of hydrogen-bond acceptors (Lipinski definition) is 8. The fourth-order valence-electron chi connectivity index (χ4n) is 5.87. The summed E-state index contributed by atoms with van der Waals surface area (Å²) < 4.78 is 2.18. The molecule has 216 valence electrons. The zero-order valence-corrected chi connectivity index (χ0v) is 25.2. The van der Waals surface area contributed by atoms with E-state index in [2.05, 4.69) is 41.3 Å². The summed E-state index contributed by atoms with van der Waals surface area (Å²) in [5, 5.41) is 17.9. The molecule has 2 fully saturated rings. The number of carbonyl (C=O) groups excluding carboxylic acids is 3. The quantitative estimate of drug-likeness (QED) is 0.230. The van der Waals surface area contributed by atoms with Gasteiger partial charge in [-0.1, -0.05) is 6.07 Å². The maximum atomic E-state index is 13.7. The molecule has 2 aliphatic rings. The highest BCUT2D eigenvalue weighted by Gasteiger charge is 2.56. The number of benzene rings is 1. The van der Waals surface area contributed by atoms with E-state index in [9.17, 15) is 19.5 Å². The summed E-state index contributed by atoms with van der Waals surface area (Å²) in [6.07, 6.45) is 3.39. The van der Waals surface area contributed by atoms with Crippen molar-refractivity contribution < 1.29 is 19.5 Å². The van der Waals surface area contributed by atoms with Crippen LogP contribution in [-0.2, 0) is 16.1 Å². The Hall–Kier alpha value is -4.03. The molecule has 4 aromatic rings. The Morgan fingerprint density at radius 1 is 1.12 bits per heavy atom. The third-order valence-electron chi connectivity index (χ3n) is 8.08. The van der Waals surface area contributed by atoms with Crippen LogP contribution in [0.3, 0.4) is 0 Å². The first-order valence-corrected chi connectivity index (χ1v) is 14.6. The van der Waals surface area contributed by atoms with E-state index >= 15 is 0 Å². The normalized spacial score (nSPS) is 20.0. The summed E-state index contributed by atoms with van der Waals surface area (Å²) in [6.45, 7) is 7.22. The van der Waals surface area contributed by atoms with Crippen molar-refractivity contribution in [3.8, 4) is 11.1 Å². The molecule has 1 saturated carbocycles. The van der Waals surface area contributed by atoms with E-state index in [1.165, 1.54) is 6.92 Å². The number of anilines is 1. The molecule has 42 heavy (non-hydrogen) atoms. The second-order valence-corrected chi connectivity index (χ2v) is 12.0. The van der Waals surface area contributed by atoms with Gasteiger partial charge >= 0.3 is 0 Å². The molecule has 2 N–H and O–H groups in total. The van der Waals surface area contributed by atoms with E-state index in [-0.39, 0.29) is 35.8 Å². The minimum Gasteiger partial charge on any atom is -0.385 e. The smallest absolute Gasteiger partial charge is 0.248 e. The molecule has 3 aromatic heterocycles. The van der Waals surface area contributed by atoms with Crippen LogP contribution < -0.4 is 5.32 Å². The van der Waals surface area contributed by atoms with Crippen molar-refractivity contribution in [3.05, 3.63) is 63.9 Å². The number of nitrogens with one attached hydrogen (secondary N) is 1. The van der Waals surface area contributed by atoms with Gasteiger partial charge < -0.3 is 15.3 Å². The fourth-order valence-corrected chi connectivity index (χ4v) is 6.18. The number of rotatable bonds is 7. The number of nitrogens with zero attached hydrogens (tertiary/aromatic N) is 6. The highest BCUT2D eigenvalue weighted by atomic mass is 79.9. The fraction of sp³-hybridized carbons (Fsp3) is 0.367. The van der Waals surface area contributed by atoms with Crippen LogP contribution in [0, 0.1) is 25.7 Å². The first-order chi connectivity index (χ1) is 20.0. The van der Waals surface area contributed by atoms with Crippen molar-refractivity contribution >= 4 is 50.2 Å². The van der Waals surface area contributed by atoms with Crippen LogP contribution in [-0.4, -0.2) is 64.9 Å². The lowest BCUT2D eigenvalue weighted by Gasteiger charge is -2.27. The molecule has 1 saturated heterocycles. The number of aliphatic hydroxyl groups is 1. The zero-order valence-electron chi connectivity index (χ0n) is 23.6. The molecule has 0 spiro atoms. The molecule has 4 atom stereocenters. The number of piperidine rings is 1. The molecule has 12 heteroatoms. The van der Waals surface area contributed by atoms with Gasteiger partial charge in [-0.25, -0.2) is 15.0 Å². The Bertz CT molecular complexity index is 1750. The van der Waals surface area contributed by atoms with Crippen molar-refractivity contribution in [2.24, 2.45) is 11.8 Å². The number of pyridine rings is 1. The summed E-state index contributed by atoms with van der Waals surface area (Å²) in [4.78, 5) is 54.3. The van der Waals surface area contributed by atoms with Gasteiger partial charge in [-0.3, -0.25) is 19.1 Å². The lowest BCUT2D eigenvalue weighted by Crippen LogP contribution is -2.47. The van der Waals surface area contributed by atoms with Gasteiger partial charge in [-0.2, -0.15) is 5.10 Å². The first-order valence-electron chi connectivity index (χ1n) is 13.8. The standard InChI is InChI=1S/C30H30BrN7O4/c1-14-5-6-23(31)34-28(14)35-30(42)27-21-9-19(21)12-37(27)24(41)13-38-26-15(2)7-18(8-22(26)25(36-38)16(3)39)20-10-32-29(17(4)40)33-11-20/h5-8,10-11,17,19,21,27,40H,9,12-13H2,1-4H3,(H,34,35,42)/t17?,19-,21-,27+/m1/s1. The Labute approximate surface area is 250 Å². The third-order valence-corrected chi connectivity index (χ3v) is 8.52. The number of halogens is 1. The van der Waals surface area contributed by atoms with Gasteiger partial charge in [-0.15, -0.1) is 0 Å². The van der Waals surface area contributed by atoms with E-state index < -0.39 is 12.1 Å². The van der Waals surface area contributed by atoms with Crippen molar-refractivity contribution in [3.63, 3.8) is 0 Å². The van der Waals surface area contributed by atoms with Crippen LogP contribution in [0.2, 0.25) is 0 Å². The Kier molecular flexibility index (Phi) is 7.14. The van der Waals surface area contributed by atoms with Gasteiger partial charge in [-0.05, 0) is 89.8 Å². The maximum absolute atomic E-state index is 13.7. The van der Waals surface area contributed by atoms with Crippen molar-refractivity contribution in [2.45, 2.75) is 52.8 Å². The molecule has 6 rings (SSSR count). The summed E-state index contributed by atoms with van der Waals surface area (Å²) in [5.74, 6) is 0.507. The average molecular weight is 633 g/mol. The summed E-state index contributed by atoms with van der Waals surface area (Å²) in [6, 6.07) is 6.87. The molecular formula is C30H30BrN7O4. The minimum absolute atomic E-state index is 0.104. The number of aliphatic hydroxyl groups excluding tert-OH is 1. The predicted octanol–water partition coefficient (Wildman–Crippen LogP) is 4.01. The number of amides is 2. The van der Waals surface area contributed by atoms with Gasteiger partial charge in [0.25, 0.3) is 0 Å². The molecule has 2 amide bonds. The van der Waals surface area contributed by atoms with Crippen LogP contribution in [0.1, 0.15) is 53.8 Å². The van der Waals surface area contributed by atoms with Crippen LogP contribution in [0.15, 0.2) is 41.3 Å². The van der Waals surface area contributed by atoms with Crippen LogP contribution in [0.25, 0.3) is 22.0 Å². The molecule has 1 aliphatic carbocycles. The maximum Gasteiger partial charge on any atom is 0.248 e. The Morgan fingerprint density at radius 2 is 1.86 bits per heavy atom. The molecule has 1 aromatic carbocycles. The Morgan fingerprint density at radius 3 is 2.55 bits per heavy atom. The highest BCUT2D eigenvalue weighted by Crippen LogP contribution is 2.50. The number of aryl methyl sites for hydroxylation is 2. The molecular weight excluding hydrogens is 602 g/mol. The van der Waals surface area contributed by atoms with Gasteiger partial charge in [0.05, 0.1) is 5.52 Å². The topological polar surface area (TPSA) is 143 Å². The van der Waals surface area contributed by atoms with Crippen LogP contribution >= 0.6 is 15.9 Å². The molecule has 4 heterocycles. The Balaban J connectivity index is 1.29. The molecule has 1 aliphatic heterocycles. The van der Waals surface area contributed by atoms with Crippen molar-refractivity contribution in [2.75, 3.05) is 11.9 Å². The zero-order chi connectivity index (χ0) is 29.9.